The molecule has 0 atom stereocenters. The van der Waals surface area contributed by atoms with Crippen LogP contribution in [0.25, 0.3) is 0 Å². The van der Waals surface area contributed by atoms with Crippen molar-refractivity contribution in [3.8, 4) is 0 Å². The molecule has 0 fully saturated rings. The summed E-state index contributed by atoms with van der Waals surface area (Å²) in [5.74, 6) is 0. The zero-order valence-electron chi connectivity index (χ0n) is 23.3. The Labute approximate surface area is 215 Å². The van der Waals surface area contributed by atoms with Crippen molar-refractivity contribution in [3.05, 3.63) is 0 Å². The lowest BCUT2D eigenvalue weighted by Crippen LogP contribution is -2.41. The number of quaternary nitrogens is 1. The molecule has 0 heterocycles. The van der Waals surface area contributed by atoms with Crippen LogP contribution < -0.4 is 0 Å². The average molecular weight is 532 g/mol. The van der Waals surface area contributed by atoms with Gasteiger partial charge in [0, 0.05) is 0 Å². The predicted molar refractivity (Wildman–Crippen MR) is 141 cm³/mol. The van der Waals surface area contributed by atoms with Gasteiger partial charge in [-0.2, -0.15) is 13.2 Å². The van der Waals surface area contributed by atoms with E-state index in [1.807, 2.05) is 0 Å². The minimum absolute atomic E-state index is 1.24. The van der Waals surface area contributed by atoms with Crippen LogP contribution in [0, 0.1) is 0 Å². The first-order valence-electron chi connectivity index (χ1n) is 14.2. The smallest absolute Gasteiger partial charge is 0.485 e. The van der Waals surface area contributed by atoms with Gasteiger partial charge >= 0.3 is 5.51 Å². The van der Waals surface area contributed by atoms with Crippen LogP contribution in [0.3, 0.4) is 0 Å². The first-order valence-corrected chi connectivity index (χ1v) is 15.6. The summed E-state index contributed by atoms with van der Waals surface area (Å²) in [5.41, 5.74) is -5.65. The van der Waals surface area contributed by atoms with Crippen molar-refractivity contribution in [3.63, 3.8) is 0 Å². The van der Waals surface area contributed by atoms with Gasteiger partial charge in [-0.3, -0.25) is 0 Å². The second-order valence-electron chi connectivity index (χ2n) is 10.6. The Morgan fingerprint density at radius 1 is 0.543 bits per heavy atom. The first-order chi connectivity index (χ1) is 16.4. The highest BCUT2D eigenvalue weighted by Crippen LogP contribution is 2.20. The maximum atomic E-state index is 10.7. The quantitative estimate of drug-likeness (QED) is 0.0606. The van der Waals surface area contributed by atoms with Crippen molar-refractivity contribution in [2.24, 2.45) is 0 Å². The third-order valence-electron chi connectivity index (χ3n) is 6.52. The summed E-state index contributed by atoms with van der Waals surface area (Å²) in [4.78, 5) is 0. The van der Waals surface area contributed by atoms with Crippen molar-refractivity contribution in [2.45, 2.75) is 148 Å². The van der Waals surface area contributed by atoms with Crippen LogP contribution in [0.5, 0.6) is 0 Å². The van der Waals surface area contributed by atoms with Crippen LogP contribution in [0.1, 0.15) is 142 Å². The van der Waals surface area contributed by atoms with E-state index in [1.54, 1.807) is 0 Å². The molecule has 0 aromatic rings. The van der Waals surface area contributed by atoms with Gasteiger partial charge in [0.1, 0.15) is 0 Å². The second-order valence-corrected chi connectivity index (χ2v) is 12.0. The fourth-order valence-corrected chi connectivity index (χ4v) is 4.17. The zero-order valence-corrected chi connectivity index (χ0v) is 24.1. The largest absolute Gasteiger partial charge is 0.741 e. The maximum Gasteiger partial charge on any atom is 0.485 e. The zero-order chi connectivity index (χ0) is 27.1. The second kappa shape index (κ2) is 22.8. The molecular weight excluding hydrogens is 475 g/mol. The highest BCUT2D eigenvalue weighted by Gasteiger charge is 2.36. The van der Waals surface area contributed by atoms with Crippen LogP contribution in [0.2, 0.25) is 0 Å². The Bertz CT molecular complexity index is 526. The summed E-state index contributed by atoms with van der Waals surface area (Å²) in [6, 6.07) is 0. The number of nitrogens with zero attached hydrogens (tertiary/aromatic N) is 1. The molecule has 0 aromatic heterocycles. The Morgan fingerprint density at radius 2 is 0.743 bits per heavy atom. The molecule has 0 rings (SSSR count). The normalized spacial score (nSPS) is 12.5. The highest BCUT2D eigenvalue weighted by atomic mass is 32.2. The van der Waals surface area contributed by atoms with E-state index in [9.17, 15) is 13.2 Å². The van der Waals surface area contributed by atoms with Crippen molar-refractivity contribution < 1.29 is 30.6 Å². The molecular formula is C27H56F3NO3S. The van der Waals surface area contributed by atoms with E-state index >= 15 is 0 Å². The van der Waals surface area contributed by atoms with Crippen molar-refractivity contribution in [1.29, 1.82) is 0 Å². The molecule has 0 radical (unpaired) electrons. The Morgan fingerprint density at radius 3 is 0.943 bits per heavy atom. The van der Waals surface area contributed by atoms with Crippen LogP contribution >= 0.6 is 0 Å². The molecule has 8 heteroatoms. The van der Waals surface area contributed by atoms with Crippen molar-refractivity contribution >= 4 is 10.1 Å². The average Bonchev–Trinajstić information content (AvgIpc) is 2.75. The van der Waals surface area contributed by atoms with Crippen molar-refractivity contribution in [1.82, 2.24) is 0 Å². The molecule has 4 nitrogen and oxygen atoms in total. The molecule has 0 amide bonds. The highest BCUT2D eigenvalue weighted by molar-refractivity contribution is 7.86. The summed E-state index contributed by atoms with van der Waals surface area (Å²) < 4.78 is 60.1. The van der Waals surface area contributed by atoms with E-state index < -0.39 is 15.6 Å². The fourth-order valence-electron chi connectivity index (χ4n) is 4.17. The molecule has 0 saturated carbocycles. The molecule has 35 heavy (non-hydrogen) atoms. The van der Waals surface area contributed by atoms with Gasteiger partial charge in [-0.25, -0.2) is 8.42 Å². The molecule has 0 aromatic carbocycles. The summed E-state index contributed by atoms with van der Waals surface area (Å²) in [7, 11) is -1.20. The van der Waals surface area contributed by atoms with Gasteiger partial charge < -0.3 is 9.04 Å². The number of rotatable bonds is 22. The third-order valence-corrected chi connectivity index (χ3v) is 7.08. The van der Waals surface area contributed by atoms with Crippen LogP contribution in [-0.4, -0.2) is 50.1 Å². The lowest BCUT2D eigenvalue weighted by atomic mass is 10.1. The van der Waals surface area contributed by atoms with E-state index in [4.69, 9.17) is 13.0 Å². The Kier molecular flexibility index (Phi) is 24.0. The molecule has 0 bridgehead atoms. The van der Waals surface area contributed by atoms with Gasteiger partial charge in [0.2, 0.25) is 0 Å². The summed E-state index contributed by atoms with van der Waals surface area (Å²) in [6.07, 6.45) is 29.0. The molecule has 0 unspecified atom stereocenters. The van der Waals surface area contributed by atoms with Crippen LogP contribution in [0.15, 0.2) is 0 Å². The fraction of sp³-hybridized carbons (Fsp3) is 1.00. The monoisotopic (exact) mass is 531 g/mol. The minimum Gasteiger partial charge on any atom is -0.741 e. The number of alkyl halides is 3. The molecule has 0 aliphatic carbocycles. The molecule has 214 valence electrons. The summed E-state index contributed by atoms with van der Waals surface area (Å²) in [6.45, 7) is 7.37. The van der Waals surface area contributed by atoms with Gasteiger partial charge in [-0.05, 0) is 25.7 Å². The third kappa shape index (κ3) is 28.1. The summed E-state index contributed by atoms with van der Waals surface area (Å²) in [5, 5.41) is 0. The number of hydrogen-bond donors (Lipinski definition) is 0. The van der Waals surface area contributed by atoms with E-state index in [1.165, 1.54) is 146 Å². The molecule has 0 aliphatic rings. The van der Waals surface area contributed by atoms with E-state index in [2.05, 4.69) is 27.9 Å². The van der Waals surface area contributed by atoms with E-state index in [0.29, 0.717) is 0 Å². The van der Waals surface area contributed by atoms with E-state index in [0.717, 1.165) is 0 Å². The molecule has 0 aliphatic heterocycles. The Hall–Kier alpha value is -0.340. The molecule has 0 N–H and O–H groups in total. The SMILES string of the molecule is CCCCCCCCCCCC[N+](C)(C)CCCCCCCCCCCC.O=S(=O)([O-])C(F)(F)F. The van der Waals surface area contributed by atoms with Gasteiger partial charge in [-0.1, -0.05) is 117 Å². The van der Waals surface area contributed by atoms with Crippen LogP contribution in [0.4, 0.5) is 13.2 Å². The van der Waals surface area contributed by atoms with Crippen molar-refractivity contribution in [2.75, 3.05) is 27.2 Å². The summed E-state index contributed by atoms with van der Waals surface area (Å²) >= 11 is 0. The minimum atomic E-state index is -6.09. The molecule has 0 spiro atoms. The number of unbranched alkanes of at least 4 members (excludes halogenated alkanes) is 18. The maximum absolute atomic E-state index is 10.7. The van der Waals surface area contributed by atoms with Gasteiger partial charge in [0.15, 0.2) is 10.1 Å². The predicted octanol–water partition coefficient (Wildman–Crippen LogP) is 8.96. The van der Waals surface area contributed by atoms with E-state index in [-0.39, 0.29) is 0 Å². The first kappa shape index (κ1) is 36.8. The standard InChI is InChI=1S/C26H56N.CHF3O3S/c1-5-7-9-11-13-15-17-19-21-23-25-27(3,4)26-24-22-20-18-16-14-12-10-8-6-2;2-1(3,4)8(5,6)7/h5-26H2,1-4H3;(H,5,6,7)/q+1;/p-1. The lowest BCUT2D eigenvalue weighted by molar-refractivity contribution is -0.890. The van der Waals surface area contributed by atoms with Gasteiger partial charge in [0.25, 0.3) is 0 Å². The number of halogens is 3. The van der Waals surface area contributed by atoms with Gasteiger partial charge in [-0.15, -0.1) is 0 Å². The Balaban J connectivity index is 0. The molecule has 0 saturated heterocycles. The topological polar surface area (TPSA) is 57.2 Å². The number of hydrogen-bond acceptors (Lipinski definition) is 3. The lowest BCUT2D eigenvalue weighted by Gasteiger charge is -2.30. The van der Waals surface area contributed by atoms with Crippen LogP contribution in [-0.2, 0) is 10.1 Å². The van der Waals surface area contributed by atoms with Gasteiger partial charge in [0.05, 0.1) is 27.2 Å².